The lowest BCUT2D eigenvalue weighted by molar-refractivity contribution is -0.219. The smallest absolute Gasteiger partial charge is 0.252 e. The zero-order valence-electron chi connectivity index (χ0n) is 17.8. The molecule has 0 aliphatic heterocycles. The van der Waals surface area contributed by atoms with Crippen LogP contribution in [0.25, 0.3) is 0 Å². The highest BCUT2D eigenvalue weighted by Gasteiger charge is 2.75. The van der Waals surface area contributed by atoms with E-state index in [1.165, 1.54) is 12.2 Å². The Balaban J connectivity index is 1.77. The minimum Gasteiger partial charge on any atom is -0.395 e. The number of carbonyl (C=O) groups is 2. The molecule has 1 amide bonds. The van der Waals surface area contributed by atoms with Gasteiger partial charge in [0.25, 0.3) is 5.91 Å². The lowest BCUT2D eigenvalue weighted by Gasteiger charge is -2.62. The number of alkyl halides is 1. The van der Waals surface area contributed by atoms with Crippen LogP contribution in [0.4, 0.5) is 4.39 Å². The molecule has 4 rings (SSSR count). The minimum atomic E-state index is -1.98. The number of ketones is 1. The molecule has 8 unspecified atom stereocenters. The highest BCUT2D eigenvalue weighted by atomic mass is 19.1. The average molecular weight is 422 g/mol. The quantitative estimate of drug-likeness (QED) is 0.552. The molecule has 0 bridgehead atoms. The van der Waals surface area contributed by atoms with Gasteiger partial charge in [0.05, 0.1) is 12.7 Å². The first kappa shape index (κ1) is 21.7. The summed E-state index contributed by atoms with van der Waals surface area (Å²) in [4.78, 5) is 24.9. The molecule has 3 saturated carbocycles. The van der Waals surface area contributed by atoms with Gasteiger partial charge >= 0.3 is 0 Å². The van der Waals surface area contributed by atoms with Gasteiger partial charge in [-0.05, 0) is 56.6 Å². The van der Waals surface area contributed by atoms with Crippen LogP contribution in [0.5, 0.6) is 0 Å². The Hall–Kier alpha value is -1.57. The molecule has 30 heavy (non-hydrogen) atoms. The van der Waals surface area contributed by atoms with E-state index in [2.05, 4.69) is 5.32 Å². The first-order valence-electron chi connectivity index (χ1n) is 10.9. The lowest BCUT2D eigenvalue weighted by atomic mass is 9.44. The Morgan fingerprint density at radius 3 is 2.70 bits per heavy atom. The zero-order chi connectivity index (χ0) is 22.1. The van der Waals surface area contributed by atoms with E-state index in [0.29, 0.717) is 24.8 Å². The molecule has 4 aliphatic carbocycles. The Morgan fingerprint density at radius 2 is 2.03 bits per heavy atom. The standard InChI is InChI=1S/C23H32FNO5/c1-13-10-17-16-5-4-14-11-15(27)6-7-20(14,2)22(16,24)18(28)12-21(17,3)23(13,30)19(29)25-8-9-26/h6-7,11,13,16-18,26,28,30H,4-5,8-10,12H2,1-3H3,(H,25,29). The van der Waals surface area contributed by atoms with Crippen LogP contribution in [0.15, 0.2) is 23.8 Å². The topological polar surface area (TPSA) is 107 Å². The van der Waals surface area contributed by atoms with Crippen molar-refractivity contribution in [3.8, 4) is 0 Å². The van der Waals surface area contributed by atoms with Gasteiger partial charge in [0, 0.05) is 23.3 Å². The Kier molecular flexibility index (Phi) is 4.84. The number of hydrogen-bond acceptors (Lipinski definition) is 5. The summed E-state index contributed by atoms with van der Waals surface area (Å²) in [6, 6.07) is 0. The summed E-state index contributed by atoms with van der Waals surface area (Å²) in [5.41, 5.74) is -5.13. The summed E-state index contributed by atoms with van der Waals surface area (Å²) in [6.07, 6.45) is 4.50. The van der Waals surface area contributed by atoms with E-state index in [0.717, 1.165) is 0 Å². The number of aliphatic hydroxyl groups is 3. The van der Waals surface area contributed by atoms with Gasteiger partial charge < -0.3 is 20.6 Å². The van der Waals surface area contributed by atoms with Gasteiger partial charge in [-0.25, -0.2) is 4.39 Å². The maximum absolute atomic E-state index is 17.0. The minimum absolute atomic E-state index is 0.0265. The molecule has 0 spiro atoms. The van der Waals surface area contributed by atoms with E-state index < -0.39 is 45.9 Å². The number of carbonyl (C=O) groups excluding carboxylic acids is 2. The average Bonchev–Trinajstić information content (AvgIpc) is 2.89. The van der Waals surface area contributed by atoms with Crippen molar-refractivity contribution in [2.45, 2.75) is 63.8 Å². The van der Waals surface area contributed by atoms with Crippen LogP contribution in [0, 0.1) is 28.6 Å². The van der Waals surface area contributed by atoms with E-state index in [4.69, 9.17) is 5.11 Å². The van der Waals surface area contributed by atoms with Crippen LogP contribution in [0.1, 0.15) is 46.5 Å². The van der Waals surface area contributed by atoms with E-state index in [1.54, 1.807) is 26.8 Å². The predicted octanol–water partition coefficient (Wildman–Crippen LogP) is 1.44. The van der Waals surface area contributed by atoms with E-state index in [-0.39, 0.29) is 31.3 Å². The molecule has 0 radical (unpaired) electrons. The Morgan fingerprint density at radius 1 is 1.33 bits per heavy atom. The summed E-state index contributed by atoms with van der Waals surface area (Å²) in [5, 5.41) is 34.5. The molecule has 0 aromatic rings. The van der Waals surface area contributed by atoms with Crippen LogP contribution >= 0.6 is 0 Å². The third-order valence-corrected chi connectivity index (χ3v) is 8.97. The fourth-order valence-electron chi connectivity index (χ4n) is 7.33. The normalized spacial score (nSPS) is 49.7. The van der Waals surface area contributed by atoms with Crippen molar-refractivity contribution >= 4 is 11.7 Å². The van der Waals surface area contributed by atoms with Crippen molar-refractivity contribution in [3.63, 3.8) is 0 Å². The second-order valence-electron chi connectivity index (χ2n) is 10.1. The number of fused-ring (bicyclic) bond motifs is 5. The summed E-state index contributed by atoms with van der Waals surface area (Å²) in [7, 11) is 0. The second-order valence-corrected chi connectivity index (χ2v) is 10.1. The fourth-order valence-corrected chi connectivity index (χ4v) is 7.33. The van der Waals surface area contributed by atoms with Gasteiger partial charge in [0.1, 0.15) is 0 Å². The zero-order valence-corrected chi connectivity index (χ0v) is 17.8. The van der Waals surface area contributed by atoms with E-state index in [9.17, 15) is 19.8 Å². The number of amides is 1. The van der Waals surface area contributed by atoms with Crippen LogP contribution in [-0.2, 0) is 9.59 Å². The van der Waals surface area contributed by atoms with Crippen LogP contribution in [0.3, 0.4) is 0 Å². The molecule has 166 valence electrons. The maximum Gasteiger partial charge on any atom is 0.252 e. The van der Waals surface area contributed by atoms with Gasteiger partial charge in [-0.3, -0.25) is 9.59 Å². The summed E-state index contributed by atoms with van der Waals surface area (Å²) >= 11 is 0. The number of rotatable bonds is 3. The van der Waals surface area contributed by atoms with Gasteiger partial charge in [0.15, 0.2) is 17.1 Å². The van der Waals surface area contributed by atoms with E-state index in [1.807, 2.05) is 0 Å². The summed E-state index contributed by atoms with van der Waals surface area (Å²) < 4.78 is 17.0. The van der Waals surface area contributed by atoms with Crippen molar-refractivity contribution in [1.82, 2.24) is 5.32 Å². The highest BCUT2D eigenvalue weighted by Crippen LogP contribution is 2.70. The molecular weight excluding hydrogens is 389 g/mol. The third-order valence-electron chi connectivity index (χ3n) is 8.97. The SMILES string of the molecule is CC1CC2C3CCC4=CC(=O)C=CC4(C)C3(F)C(O)CC2(C)C1(O)C(=O)NCCO. The monoisotopic (exact) mass is 421 g/mol. The third kappa shape index (κ3) is 2.40. The first-order chi connectivity index (χ1) is 14.0. The number of halogens is 1. The van der Waals surface area contributed by atoms with Gasteiger partial charge in [-0.15, -0.1) is 0 Å². The van der Waals surface area contributed by atoms with Crippen molar-refractivity contribution in [2.75, 3.05) is 13.2 Å². The molecular formula is C23H32FNO5. The van der Waals surface area contributed by atoms with Crippen molar-refractivity contribution in [2.24, 2.45) is 28.6 Å². The molecule has 6 nitrogen and oxygen atoms in total. The number of aliphatic hydroxyl groups excluding tert-OH is 2. The summed E-state index contributed by atoms with van der Waals surface area (Å²) in [5.74, 6) is -2.00. The summed E-state index contributed by atoms with van der Waals surface area (Å²) in [6.45, 7) is 5.12. The highest BCUT2D eigenvalue weighted by molar-refractivity contribution is 6.01. The molecule has 8 atom stereocenters. The molecule has 0 aromatic heterocycles. The van der Waals surface area contributed by atoms with Crippen molar-refractivity contribution < 1.29 is 29.3 Å². The predicted molar refractivity (Wildman–Crippen MR) is 108 cm³/mol. The molecule has 0 heterocycles. The van der Waals surface area contributed by atoms with Crippen LogP contribution in [0.2, 0.25) is 0 Å². The van der Waals surface area contributed by atoms with Crippen molar-refractivity contribution in [1.29, 1.82) is 0 Å². The fraction of sp³-hybridized carbons (Fsp3) is 0.739. The Labute approximate surface area is 176 Å². The molecule has 0 aromatic carbocycles. The Bertz CT molecular complexity index is 841. The first-order valence-corrected chi connectivity index (χ1v) is 10.9. The van der Waals surface area contributed by atoms with Gasteiger partial charge in [-0.2, -0.15) is 0 Å². The maximum atomic E-state index is 17.0. The van der Waals surface area contributed by atoms with Gasteiger partial charge in [0.2, 0.25) is 0 Å². The van der Waals surface area contributed by atoms with Crippen molar-refractivity contribution in [3.05, 3.63) is 23.8 Å². The van der Waals surface area contributed by atoms with Crippen LogP contribution < -0.4 is 5.32 Å². The van der Waals surface area contributed by atoms with Gasteiger partial charge in [-0.1, -0.05) is 25.5 Å². The number of allylic oxidation sites excluding steroid dienone is 4. The number of nitrogens with one attached hydrogen (secondary N) is 1. The van der Waals surface area contributed by atoms with Crippen LogP contribution in [-0.4, -0.2) is 57.5 Å². The lowest BCUT2D eigenvalue weighted by Crippen LogP contribution is -2.70. The largest absolute Gasteiger partial charge is 0.395 e. The molecule has 0 saturated heterocycles. The van der Waals surface area contributed by atoms with E-state index >= 15 is 4.39 Å². The molecule has 4 N–H and O–H groups in total. The number of hydrogen-bond donors (Lipinski definition) is 4. The molecule has 3 fully saturated rings. The molecule has 7 heteroatoms. The second kappa shape index (κ2) is 6.71. The molecule has 4 aliphatic rings.